The molecule has 0 aliphatic rings. The Morgan fingerprint density at radius 3 is 1.45 bits per heavy atom. The Balaban J connectivity index is 3.29. The van der Waals surface area contributed by atoms with Gasteiger partial charge in [-0.2, -0.15) is 0 Å². The molecule has 0 amide bonds. The second-order valence-electron chi connectivity index (χ2n) is 3.01. The maximum Gasteiger partial charge on any atom is 0.0406 e. The molecule has 0 spiro atoms. The largest absolute Gasteiger partial charge is 0.295 e. The van der Waals surface area contributed by atoms with Crippen molar-refractivity contribution in [1.29, 1.82) is 0 Å². The molecule has 0 aliphatic carbocycles. The van der Waals surface area contributed by atoms with Crippen molar-refractivity contribution in [2.75, 3.05) is 13.1 Å². The summed E-state index contributed by atoms with van der Waals surface area (Å²) in [6.07, 6.45) is 1.07. The fourth-order valence-corrected chi connectivity index (χ4v) is 0.676. The first-order chi connectivity index (χ1) is 5.13. The maximum atomic E-state index is 4.27. The van der Waals surface area contributed by atoms with Crippen molar-refractivity contribution in [3.8, 4) is 0 Å². The number of rotatable bonds is 4. The summed E-state index contributed by atoms with van der Waals surface area (Å²) in [5.41, 5.74) is 2.31. The van der Waals surface area contributed by atoms with Crippen LogP contribution in [0.2, 0.25) is 0 Å². The van der Waals surface area contributed by atoms with Crippen molar-refractivity contribution in [2.24, 2.45) is 9.98 Å². The van der Waals surface area contributed by atoms with Gasteiger partial charge in [-0.25, -0.2) is 0 Å². The predicted molar refractivity (Wildman–Crippen MR) is 51.9 cm³/mol. The van der Waals surface area contributed by atoms with Crippen molar-refractivity contribution in [3.05, 3.63) is 0 Å². The summed E-state index contributed by atoms with van der Waals surface area (Å²) in [6, 6.07) is 0. The van der Waals surface area contributed by atoms with Gasteiger partial charge in [0.05, 0.1) is 0 Å². The lowest BCUT2D eigenvalue weighted by Crippen LogP contribution is -1.91. The highest BCUT2D eigenvalue weighted by atomic mass is 14.8. The SMILES string of the molecule is CC(C)=NCCCN=C(C)C. The smallest absolute Gasteiger partial charge is 0.0406 e. The Morgan fingerprint density at radius 2 is 1.18 bits per heavy atom. The van der Waals surface area contributed by atoms with Gasteiger partial charge in [-0.3, -0.25) is 9.98 Å². The van der Waals surface area contributed by atoms with Gasteiger partial charge in [0.25, 0.3) is 0 Å². The van der Waals surface area contributed by atoms with E-state index in [0.717, 1.165) is 30.9 Å². The van der Waals surface area contributed by atoms with E-state index in [4.69, 9.17) is 0 Å². The fraction of sp³-hybridized carbons (Fsp3) is 0.778. The molecule has 64 valence electrons. The molecule has 0 rings (SSSR count). The molecule has 11 heavy (non-hydrogen) atoms. The molecule has 0 aliphatic heterocycles. The van der Waals surface area contributed by atoms with Gasteiger partial charge in [-0.15, -0.1) is 0 Å². The Hall–Kier alpha value is -0.660. The Morgan fingerprint density at radius 1 is 0.818 bits per heavy atom. The summed E-state index contributed by atoms with van der Waals surface area (Å²) in [7, 11) is 0. The van der Waals surface area contributed by atoms with Crippen LogP contribution in [0.25, 0.3) is 0 Å². The van der Waals surface area contributed by atoms with Crippen LogP contribution in [-0.2, 0) is 0 Å². The number of nitrogens with zero attached hydrogens (tertiary/aromatic N) is 2. The third-order valence-corrected chi connectivity index (χ3v) is 1.17. The van der Waals surface area contributed by atoms with Crippen LogP contribution in [0.3, 0.4) is 0 Å². The molecule has 0 unspecified atom stereocenters. The minimum Gasteiger partial charge on any atom is -0.295 e. The molecule has 0 bridgehead atoms. The van der Waals surface area contributed by atoms with Crippen LogP contribution in [0, 0.1) is 0 Å². The van der Waals surface area contributed by atoms with Gasteiger partial charge in [0.15, 0.2) is 0 Å². The first-order valence-electron chi connectivity index (χ1n) is 4.08. The van der Waals surface area contributed by atoms with Gasteiger partial charge in [0, 0.05) is 24.5 Å². The molecule has 0 radical (unpaired) electrons. The first kappa shape index (κ1) is 10.3. The van der Waals surface area contributed by atoms with E-state index in [2.05, 4.69) is 9.98 Å². The quantitative estimate of drug-likeness (QED) is 0.438. The van der Waals surface area contributed by atoms with Gasteiger partial charge in [0.1, 0.15) is 0 Å². The van der Waals surface area contributed by atoms with Gasteiger partial charge in [0.2, 0.25) is 0 Å². The van der Waals surface area contributed by atoms with Crippen molar-refractivity contribution in [2.45, 2.75) is 34.1 Å². The van der Waals surface area contributed by atoms with Crippen LogP contribution >= 0.6 is 0 Å². The summed E-state index contributed by atoms with van der Waals surface area (Å²) in [5.74, 6) is 0. The van der Waals surface area contributed by atoms with Crippen molar-refractivity contribution >= 4 is 11.4 Å². The molecule has 0 aromatic heterocycles. The zero-order valence-corrected chi connectivity index (χ0v) is 8.02. The third kappa shape index (κ3) is 9.34. The van der Waals surface area contributed by atoms with E-state index in [1.807, 2.05) is 27.7 Å². The number of hydrogen-bond acceptors (Lipinski definition) is 2. The molecular formula is C9H18N2. The van der Waals surface area contributed by atoms with E-state index in [1.165, 1.54) is 0 Å². The van der Waals surface area contributed by atoms with E-state index in [1.54, 1.807) is 0 Å². The summed E-state index contributed by atoms with van der Waals surface area (Å²) >= 11 is 0. The highest BCUT2D eigenvalue weighted by molar-refractivity contribution is 5.79. The second-order valence-corrected chi connectivity index (χ2v) is 3.01. The average Bonchev–Trinajstić information content (AvgIpc) is 1.85. The molecule has 0 aromatic carbocycles. The van der Waals surface area contributed by atoms with E-state index in [9.17, 15) is 0 Å². The molecule has 0 heterocycles. The van der Waals surface area contributed by atoms with Crippen LogP contribution in [0.4, 0.5) is 0 Å². The van der Waals surface area contributed by atoms with E-state index >= 15 is 0 Å². The highest BCUT2D eigenvalue weighted by Crippen LogP contribution is 1.85. The molecule has 0 aromatic rings. The van der Waals surface area contributed by atoms with Crippen LogP contribution in [-0.4, -0.2) is 24.5 Å². The first-order valence-corrected chi connectivity index (χ1v) is 4.08. The van der Waals surface area contributed by atoms with Crippen LogP contribution in [0.1, 0.15) is 34.1 Å². The molecule has 0 atom stereocenters. The van der Waals surface area contributed by atoms with Crippen molar-refractivity contribution in [1.82, 2.24) is 0 Å². The topological polar surface area (TPSA) is 24.7 Å². The predicted octanol–water partition coefficient (Wildman–Crippen LogP) is 2.34. The summed E-state index contributed by atoms with van der Waals surface area (Å²) in [4.78, 5) is 8.54. The maximum absolute atomic E-state index is 4.27. The normalized spacial score (nSPS) is 9.09. The van der Waals surface area contributed by atoms with Crippen molar-refractivity contribution in [3.63, 3.8) is 0 Å². The molecule has 0 N–H and O–H groups in total. The van der Waals surface area contributed by atoms with Crippen molar-refractivity contribution < 1.29 is 0 Å². The lowest BCUT2D eigenvalue weighted by Gasteiger charge is -1.93. The van der Waals surface area contributed by atoms with Gasteiger partial charge in [-0.05, 0) is 34.1 Å². The van der Waals surface area contributed by atoms with Crippen LogP contribution in [0.5, 0.6) is 0 Å². The Kier molecular flexibility index (Phi) is 5.71. The second kappa shape index (κ2) is 6.08. The standard InChI is InChI=1S/C9H18N2/c1-8(2)10-6-5-7-11-9(3)4/h5-7H2,1-4H3. The van der Waals surface area contributed by atoms with Crippen LogP contribution in [0.15, 0.2) is 9.98 Å². The van der Waals surface area contributed by atoms with Gasteiger partial charge in [-0.1, -0.05) is 0 Å². The van der Waals surface area contributed by atoms with Gasteiger partial charge >= 0.3 is 0 Å². The molecule has 0 saturated heterocycles. The molecule has 0 saturated carbocycles. The lowest BCUT2D eigenvalue weighted by atomic mass is 10.4. The Labute approximate surface area is 69.4 Å². The third-order valence-electron chi connectivity index (χ3n) is 1.17. The number of hydrogen-bond donors (Lipinski definition) is 0. The molecule has 2 heteroatoms. The summed E-state index contributed by atoms with van der Waals surface area (Å²) < 4.78 is 0. The molecule has 0 fully saturated rings. The minimum absolute atomic E-state index is 0.916. The molecule has 2 nitrogen and oxygen atoms in total. The van der Waals surface area contributed by atoms with Crippen LogP contribution < -0.4 is 0 Å². The zero-order chi connectivity index (χ0) is 8.69. The lowest BCUT2D eigenvalue weighted by molar-refractivity contribution is 0.843. The zero-order valence-electron chi connectivity index (χ0n) is 8.02. The van der Waals surface area contributed by atoms with Gasteiger partial charge < -0.3 is 0 Å². The summed E-state index contributed by atoms with van der Waals surface area (Å²) in [5, 5.41) is 0. The molecular weight excluding hydrogens is 136 g/mol. The van der Waals surface area contributed by atoms with E-state index in [0.29, 0.717) is 0 Å². The minimum atomic E-state index is 0.916. The Bertz CT molecular complexity index is 131. The van der Waals surface area contributed by atoms with E-state index in [-0.39, 0.29) is 0 Å². The monoisotopic (exact) mass is 154 g/mol. The number of aliphatic imine (C=N–C) groups is 2. The van der Waals surface area contributed by atoms with E-state index < -0.39 is 0 Å². The average molecular weight is 154 g/mol. The fourth-order valence-electron chi connectivity index (χ4n) is 0.676. The summed E-state index contributed by atoms with van der Waals surface area (Å²) in [6.45, 7) is 9.92. The highest BCUT2D eigenvalue weighted by Gasteiger charge is 1.83.